The van der Waals surface area contributed by atoms with E-state index in [4.69, 9.17) is 5.11 Å². The number of nitrogens with zero attached hydrogens (tertiary/aromatic N) is 1. The number of hydrogen-bond donors (Lipinski definition) is 2. The first-order valence-corrected chi connectivity index (χ1v) is 7.62. The van der Waals surface area contributed by atoms with Gasteiger partial charge in [0.25, 0.3) is 0 Å². The van der Waals surface area contributed by atoms with Gasteiger partial charge in [0.05, 0.1) is 0 Å². The van der Waals surface area contributed by atoms with Crippen LogP contribution in [0.1, 0.15) is 17.7 Å². The third-order valence-electron chi connectivity index (χ3n) is 3.18. The van der Waals surface area contributed by atoms with Crippen LogP contribution in [-0.2, 0) is 17.8 Å². The third-order valence-corrected chi connectivity index (χ3v) is 4.06. The number of aromatic nitrogens is 1. The normalized spacial score (nSPS) is 10.6. The average molecular weight is 306 g/mol. The molecule has 2 rings (SSSR count). The Bertz CT molecular complexity index is 658. The van der Waals surface area contributed by atoms with E-state index in [0.29, 0.717) is 13.0 Å². The fraction of sp³-hybridized carbons (Fsp3) is 0.333. The minimum absolute atomic E-state index is 0.0337. The number of rotatable bonds is 6. The van der Waals surface area contributed by atoms with Crippen LogP contribution < -0.4 is 10.2 Å². The predicted octanol–water partition coefficient (Wildman–Crippen LogP) is 1.78. The molecule has 0 saturated carbocycles. The zero-order chi connectivity index (χ0) is 15.2. The molecule has 0 aliphatic carbocycles. The Morgan fingerprint density at radius 2 is 2.05 bits per heavy atom. The highest BCUT2D eigenvalue weighted by Crippen LogP contribution is 2.10. The summed E-state index contributed by atoms with van der Waals surface area (Å²) in [5, 5.41) is 13.4. The van der Waals surface area contributed by atoms with Crippen molar-refractivity contribution in [1.82, 2.24) is 4.57 Å². The lowest BCUT2D eigenvalue weighted by Crippen LogP contribution is -2.20. The van der Waals surface area contributed by atoms with Crippen LogP contribution in [0.15, 0.2) is 34.4 Å². The molecular weight excluding hydrogens is 288 g/mol. The topological polar surface area (TPSA) is 71.3 Å². The summed E-state index contributed by atoms with van der Waals surface area (Å²) in [6.45, 7) is 2.36. The van der Waals surface area contributed by atoms with Gasteiger partial charge in [-0.1, -0.05) is 23.5 Å². The quantitative estimate of drug-likeness (QED) is 0.854. The van der Waals surface area contributed by atoms with E-state index in [1.807, 2.05) is 31.2 Å². The number of nitrogens with one attached hydrogen (secondary N) is 1. The molecule has 1 heterocycles. The summed E-state index contributed by atoms with van der Waals surface area (Å²) in [6.07, 6.45) is 0.866. The van der Waals surface area contributed by atoms with Crippen molar-refractivity contribution in [2.24, 2.45) is 0 Å². The summed E-state index contributed by atoms with van der Waals surface area (Å²) in [6, 6.07) is 7.37. The van der Waals surface area contributed by atoms with Crippen molar-refractivity contribution < 1.29 is 9.90 Å². The predicted molar refractivity (Wildman–Crippen MR) is 83.8 cm³/mol. The van der Waals surface area contributed by atoms with E-state index < -0.39 is 0 Å². The van der Waals surface area contributed by atoms with Crippen molar-refractivity contribution in [3.05, 3.63) is 50.6 Å². The van der Waals surface area contributed by atoms with Gasteiger partial charge < -0.3 is 15.0 Å². The molecule has 6 heteroatoms. The molecule has 21 heavy (non-hydrogen) atoms. The summed E-state index contributed by atoms with van der Waals surface area (Å²) in [5.41, 5.74) is 2.62. The molecule has 1 amide bonds. The van der Waals surface area contributed by atoms with E-state index in [-0.39, 0.29) is 23.8 Å². The van der Waals surface area contributed by atoms with Crippen LogP contribution in [0.5, 0.6) is 0 Å². The number of anilines is 1. The lowest BCUT2D eigenvalue weighted by atomic mass is 10.1. The van der Waals surface area contributed by atoms with Gasteiger partial charge in [0.15, 0.2) is 0 Å². The van der Waals surface area contributed by atoms with Crippen molar-refractivity contribution in [1.29, 1.82) is 0 Å². The van der Waals surface area contributed by atoms with Gasteiger partial charge >= 0.3 is 4.87 Å². The average Bonchev–Trinajstić information content (AvgIpc) is 2.78. The Labute approximate surface area is 126 Å². The highest BCUT2D eigenvalue weighted by molar-refractivity contribution is 7.07. The van der Waals surface area contributed by atoms with E-state index in [0.717, 1.165) is 28.3 Å². The van der Waals surface area contributed by atoms with Crippen LogP contribution in [0.3, 0.4) is 0 Å². The molecule has 0 unspecified atom stereocenters. The van der Waals surface area contributed by atoms with Gasteiger partial charge in [-0.25, -0.2) is 0 Å². The smallest absolute Gasteiger partial charge is 0.307 e. The van der Waals surface area contributed by atoms with Gasteiger partial charge in [0.1, 0.15) is 0 Å². The molecule has 0 bridgehead atoms. The largest absolute Gasteiger partial charge is 0.396 e. The Balaban J connectivity index is 1.88. The summed E-state index contributed by atoms with van der Waals surface area (Å²) >= 11 is 1.15. The molecule has 1 aromatic heterocycles. The third kappa shape index (κ3) is 4.27. The maximum absolute atomic E-state index is 11.9. The summed E-state index contributed by atoms with van der Waals surface area (Å²) in [7, 11) is 0. The molecule has 2 N–H and O–H groups in total. The van der Waals surface area contributed by atoms with E-state index in [1.165, 1.54) is 0 Å². The highest BCUT2D eigenvalue weighted by Gasteiger charge is 2.07. The number of amides is 1. The number of aryl methyl sites for hydroxylation is 1. The van der Waals surface area contributed by atoms with Crippen LogP contribution in [0.2, 0.25) is 0 Å². The number of carbonyl (C=O) groups is 1. The Hall–Kier alpha value is -1.92. The fourth-order valence-electron chi connectivity index (χ4n) is 2.00. The lowest BCUT2D eigenvalue weighted by molar-refractivity contribution is -0.116. The molecule has 0 atom stereocenters. The number of carbonyl (C=O) groups excluding carboxylic acids is 1. The number of aliphatic hydroxyl groups excluding tert-OH is 1. The van der Waals surface area contributed by atoms with Crippen LogP contribution >= 0.6 is 11.3 Å². The SMILES string of the molecule is Cc1csc(=O)n1CCC(=O)Nc1ccc(CCO)cc1. The van der Waals surface area contributed by atoms with Crippen LogP contribution in [0, 0.1) is 6.92 Å². The van der Waals surface area contributed by atoms with Crippen molar-refractivity contribution in [2.75, 3.05) is 11.9 Å². The molecule has 0 saturated heterocycles. The second-order valence-electron chi connectivity index (χ2n) is 4.76. The molecule has 0 spiro atoms. The molecule has 0 fully saturated rings. The van der Waals surface area contributed by atoms with Gasteiger partial charge in [-0.3, -0.25) is 9.59 Å². The molecule has 5 nitrogen and oxygen atoms in total. The minimum Gasteiger partial charge on any atom is -0.396 e. The van der Waals surface area contributed by atoms with Gasteiger partial charge in [-0.2, -0.15) is 0 Å². The number of benzene rings is 1. The number of hydrogen-bond acceptors (Lipinski definition) is 4. The van der Waals surface area contributed by atoms with Crippen molar-refractivity contribution in [3.8, 4) is 0 Å². The van der Waals surface area contributed by atoms with Crippen LogP contribution in [0.4, 0.5) is 5.69 Å². The molecular formula is C15H18N2O3S. The molecule has 112 valence electrons. The van der Waals surface area contributed by atoms with Gasteiger partial charge in [-0.15, -0.1) is 0 Å². The van der Waals surface area contributed by atoms with Crippen molar-refractivity contribution in [2.45, 2.75) is 26.3 Å². The monoisotopic (exact) mass is 306 g/mol. The maximum Gasteiger partial charge on any atom is 0.307 e. The molecule has 2 aromatic rings. The number of thiazole rings is 1. The van der Waals surface area contributed by atoms with E-state index in [9.17, 15) is 9.59 Å². The Kier molecular flexibility index (Phi) is 5.30. The van der Waals surface area contributed by atoms with Crippen molar-refractivity contribution in [3.63, 3.8) is 0 Å². The fourth-order valence-corrected chi connectivity index (χ4v) is 2.76. The second kappa shape index (κ2) is 7.19. The van der Waals surface area contributed by atoms with Gasteiger partial charge in [-0.05, 0) is 31.0 Å². The van der Waals surface area contributed by atoms with Gasteiger partial charge in [0.2, 0.25) is 5.91 Å². The highest BCUT2D eigenvalue weighted by atomic mass is 32.1. The zero-order valence-corrected chi connectivity index (χ0v) is 12.7. The summed E-state index contributed by atoms with van der Waals surface area (Å²) in [5.74, 6) is -0.123. The first-order chi connectivity index (χ1) is 10.1. The number of aliphatic hydroxyl groups is 1. The standard InChI is InChI=1S/C15H18N2O3S/c1-11-10-21-15(20)17(11)8-6-14(19)16-13-4-2-12(3-5-13)7-9-18/h2-5,10,18H,6-9H2,1H3,(H,16,19). The maximum atomic E-state index is 11.9. The first kappa shape index (κ1) is 15.5. The second-order valence-corrected chi connectivity index (χ2v) is 5.58. The van der Waals surface area contributed by atoms with Crippen LogP contribution in [-0.4, -0.2) is 22.2 Å². The lowest BCUT2D eigenvalue weighted by Gasteiger charge is -2.07. The Morgan fingerprint density at radius 3 is 2.62 bits per heavy atom. The molecule has 0 aliphatic rings. The Morgan fingerprint density at radius 1 is 1.33 bits per heavy atom. The van der Waals surface area contributed by atoms with E-state index >= 15 is 0 Å². The van der Waals surface area contributed by atoms with Crippen LogP contribution in [0.25, 0.3) is 0 Å². The van der Waals surface area contributed by atoms with E-state index in [2.05, 4.69) is 5.32 Å². The molecule has 1 aromatic carbocycles. The van der Waals surface area contributed by atoms with E-state index in [1.54, 1.807) is 9.95 Å². The zero-order valence-electron chi connectivity index (χ0n) is 11.8. The molecule has 0 radical (unpaired) electrons. The van der Waals surface area contributed by atoms with Gasteiger partial charge in [0, 0.05) is 36.3 Å². The minimum atomic E-state index is -0.123. The van der Waals surface area contributed by atoms with Crippen molar-refractivity contribution >= 4 is 22.9 Å². The summed E-state index contributed by atoms with van der Waals surface area (Å²) in [4.78, 5) is 23.4. The first-order valence-electron chi connectivity index (χ1n) is 6.74. The summed E-state index contributed by atoms with van der Waals surface area (Å²) < 4.78 is 1.61. The molecule has 0 aliphatic heterocycles.